The number of amides is 1. The highest BCUT2D eigenvalue weighted by molar-refractivity contribution is 7.91. The Morgan fingerprint density at radius 2 is 2.28 bits per heavy atom. The van der Waals surface area contributed by atoms with Crippen molar-refractivity contribution < 1.29 is 13.2 Å². The lowest BCUT2D eigenvalue weighted by atomic mass is 10.1. The summed E-state index contributed by atoms with van der Waals surface area (Å²) in [6.07, 6.45) is 3.47. The fourth-order valence-corrected chi connectivity index (χ4v) is 3.39. The van der Waals surface area contributed by atoms with Crippen LogP contribution < -0.4 is 10.5 Å². The zero-order valence-corrected chi connectivity index (χ0v) is 11.7. The molecule has 7 heteroatoms. The Morgan fingerprint density at radius 3 is 2.78 bits per heavy atom. The predicted octanol–water partition coefficient (Wildman–Crippen LogP) is 1.31. The van der Waals surface area contributed by atoms with Crippen molar-refractivity contribution in [2.45, 2.75) is 36.4 Å². The maximum absolute atomic E-state index is 11.9. The SMILES string of the molecule is CC(CC1CC1)NC(=O)c1csc(S(N)(=O)=O)c1. The van der Waals surface area contributed by atoms with Gasteiger partial charge >= 0.3 is 0 Å². The van der Waals surface area contributed by atoms with E-state index in [0.29, 0.717) is 5.56 Å². The number of rotatable bonds is 5. The maximum Gasteiger partial charge on any atom is 0.252 e. The highest BCUT2D eigenvalue weighted by Gasteiger charge is 2.24. The van der Waals surface area contributed by atoms with Crippen LogP contribution in [0.1, 0.15) is 36.5 Å². The molecular formula is C11H16N2O3S2. The molecule has 0 bridgehead atoms. The largest absolute Gasteiger partial charge is 0.350 e. The first-order valence-electron chi connectivity index (χ1n) is 5.78. The molecule has 3 N–H and O–H groups in total. The van der Waals surface area contributed by atoms with Gasteiger partial charge in [0.1, 0.15) is 4.21 Å². The molecule has 0 aromatic carbocycles. The van der Waals surface area contributed by atoms with E-state index in [9.17, 15) is 13.2 Å². The van der Waals surface area contributed by atoms with Crippen LogP contribution in [0.2, 0.25) is 0 Å². The van der Waals surface area contributed by atoms with E-state index < -0.39 is 10.0 Å². The van der Waals surface area contributed by atoms with Crippen LogP contribution in [0, 0.1) is 5.92 Å². The highest BCUT2D eigenvalue weighted by Crippen LogP contribution is 2.33. The average molecular weight is 288 g/mol. The first-order chi connectivity index (χ1) is 8.36. The third-order valence-corrected chi connectivity index (χ3v) is 5.27. The van der Waals surface area contributed by atoms with Crippen molar-refractivity contribution in [2.24, 2.45) is 11.1 Å². The lowest BCUT2D eigenvalue weighted by Gasteiger charge is -2.12. The number of carbonyl (C=O) groups is 1. The van der Waals surface area contributed by atoms with Crippen molar-refractivity contribution in [3.63, 3.8) is 0 Å². The van der Waals surface area contributed by atoms with E-state index in [-0.39, 0.29) is 16.2 Å². The van der Waals surface area contributed by atoms with Gasteiger partial charge in [-0.1, -0.05) is 12.8 Å². The van der Waals surface area contributed by atoms with Crippen LogP contribution in [0.25, 0.3) is 0 Å². The molecule has 1 atom stereocenters. The molecule has 0 aliphatic heterocycles. The number of nitrogens with two attached hydrogens (primary N) is 1. The van der Waals surface area contributed by atoms with Gasteiger partial charge in [-0.2, -0.15) is 0 Å². The standard InChI is InChI=1S/C11H16N2O3S2/c1-7(4-8-2-3-8)13-11(14)9-5-10(17-6-9)18(12,15)16/h5-8H,2-4H2,1H3,(H,13,14)(H2,12,15,16). The Bertz CT molecular complexity index is 546. The Hall–Kier alpha value is -0.920. The molecule has 1 aromatic heterocycles. The fourth-order valence-electron chi connectivity index (χ4n) is 1.80. The lowest BCUT2D eigenvalue weighted by Crippen LogP contribution is -2.32. The molecule has 1 aromatic rings. The van der Waals surface area contributed by atoms with Gasteiger partial charge in [-0.15, -0.1) is 11.3 Å². The molecule has 18 heavy (non-hydrogen) atoms. The number of carbonyl (C=O) groups excluding carboxylic acids is 1. The van der Waals surface area contributed by atoms with E-state index in [1.54, 1.807) is 0 Å². The molecule has 100 valence electrons. The smallest absolute Gasteiger partial charge is 0.252 e. The van der Waals surface area contributed by atoms with Gasteiger partial charge in [0, 0.05) is 11.4 Å². The average Bonchev–Trinajstić information content (AvgIpc) is 2.91. The van der Waals surface area contributed by atoms with Crippen molar-refractivity contribution >= 4 is 27.3 Å². The molecule has 1 aliphatic carbocycles. The molecule has 1 heterocycles. The van der Waals surface area contributed by atoms with Gasteiger partial charge in [-0.3, -0.25) is 4.79 Å². The molecule has 1 amide bonds. The summed E-state index contributed by atoms with van der Waals surface area (Å²) in [5.41, 5.74) is 0.353. The molecule has 1 aliphatic rings. The van der Waals surface area contributed by atoms with Crippen molar-refractivity contribution in [2.75, 3.05) is 0 Å². The van der Waals surface area contributed by atoms with E-state index >= 15 is 0 Å². The summed E-state index contributed by atoms with van der Waals surface area (Å²) in [5, 5.41) is 9.37. The van der Waals surface area contributed by atoms with E-state index in [1.807, 2.05) is 6.92 Å². The Balaban J connectivity index is 1.97. The summed E-state index contributed by atoms with van der Waals surface area (Å²) in [5.74, 6) is 0.497. The van der Waals surface area contributed by atoms with Crippen molar-refractivity contribution in [1.29, 1.82) is 0 Å². The number of hydrogen-bond donors (Lipinski definition) is 2. The van der Waals surface area contributed by atoms with Gasteiger partial charge in [-0.05, 0) is 25.3 Å². The maximum atomic E-state index is 11.9. The quantitative estimate of drug-likeness (QED) is 0.856. The normalized spacial score (nSPS) is 17.4. The van der Waals surface area contributed by atoms with E-state index in [4.69, 9.17) is 5.14 Å². The first-order valence-corrected chi connectivity index (χ1v) is 8.21. The van der Waals surface area contributed by atoms with Gasteiger partial charge in [0.25, 0.3) is 5.91 Å². The van der Waals surface area contributed by atoms with Crippen molar-refractivity contribution in [3.8, 4) is 0 Å². The molecule has 1 unspecified atom stereocenters. The molecular weight excluding hydrogens is 272 g/mol. The van der Waals surface area contributed by atoms with Gasteiger partial charge in [0.05, 0.1) is 5.56 Å². The van der Waals surface area contributed by atoms with Crippen LogP contribution in [-0.2, 0) is 10.0 Å². The van der Waals surface area contributed by atoms with Gasteiger partial charge in [0.2, 0.25) is 10.0 Å². The van der Waals surface area contributed by atoms with E-state index in [0.717, 1.165) is 23.7 Å². The second kappa shape index (κ2) is 4.99. The number of primary sulfonamides is 1. The first kappa shape index (κ1) is 13.5. The molecule has 1 fully saturated rings. The second-order valence-corrected chi connectivity index (χ2v) is 7.45. The minimum atomic E-state index is -3.71. The van der Waals surface area contributed by atoms with Crippen LogP contribution >= 0.6 is 11.3 Å². The van der Waals surface area contributed by atoms with Crippen LogP contribution in [0.5, 0.6) is 0 Å². The van der Waals surface area contributed by atoms with E-state index in [2.05, 4.69) is 5.32 Å². The molecule has 0 saturated heterocycles. The monoisotopic (exact) mass is 288 g/mol. The number of thiophene rings is 1. The number of nitrogens with one attached hydrogen (secondary N) is 1. The Morgan fingerprint density at radius 1 is 1.61 bits per heavy atom. The summed E-state index contributed by atoms with van der Waals surface area (Å²) < 4.78 is 22.2. The van der Waals surface area contributed by atoms with Gasteiger partial charge < -0.3 is 5.32 Å². The molecule has 0 radical (unpaired) electrons. The van der Waals surface area contributed by atoms with Crippen LogP contribution in [0.3, 0.4) is 0 Å². The summed E-state index contributed by atoms with van der Waals surface area (Å²) in [6.45, 7) is 1.96. The van der Waals surface area contributed by atoms with Crippen LogP contribution in [0.15, 0.2) is 15.7 Å². The molecule has 2 rings (SSSR count). The highest BCUT2D eigenvalue weighted by atomic mass is 32.2. The molecule has 0 spiro atoms. The van der Waals surface area contributed by atoms with Gasteiger partial charge in [0.15, 0.2) is 0 Å². The third kappa shape index (κ3) is 3.54. The fraction of sp³-hybridized carbons (Fsp3) is 0.545. The predicted molar refractivity (Wildman–Crippen MR) is 70.0 cm³/mol. The Labute approximate surface area is 110 Å². The van der Waals surface area contributed by atoms with Crippen LogP contribution in [0.4, 0.5) is 0 Å². The minimum Gasteiger partial charge on any atom is -0.350 e. The second-order valence-electron chi connectivity index (χ2n) is 4.75. The lowest BCUT2D eigenvalue weighted by molar-refractivity contribution is 0.0938. The van der Waals surface area contributed by atoms with E-state index in [1.165, 1.54) is 24.3 Å². The molecule has 1 saturated carbocycles. The van der Waals surface area contributed by atoms with Crippen LogP contribution in [-0.4, -0.2) is 20.4 Å². The number of hydrogen-bond acceptors (Lipinski definition) is 4. The summed E-state index contributed by atoms with van der Waals surface area (Å²) in [4.78, 5) is 11.9. The zero-order valence-electron chi connectivity index (χ0n) is 10.0. The minimum absolute atomic E-state index is 0.0162. The Kier molecular flexibility index (Phi) is 3.74. The number of sulfonamides is 1. The zero-order chi connectivity index (χ0) is 13.3. The topological polar surface area (TPSA) is 89.3 Å². The molecule has 5 nitrogen and oxygen atoms in total. The van der Waals surface area contributed by atoms with Crippen molar-refractivity contribution in [1.82, 2.24) is 5.32 Å². The van der Waals surface area contributed by atoms with Gasteiger partial charge in [-0.25, -0.2) is 13.6 Å². The summed E-state index contributed by atoms with van der Waals surface area (Å²) in [6, 6.07) is 1.43. The summed E-state index contributed by atoms with van der Waals surface area (Å²) in [7, 11) is -3.71. The summed E-state index contributed by atoms with van der Waals surface area (Å²) >= 11 is 0.964. The third-order valence-electron chi connectivity index (χ3n) is 2.88. The van der Waals surface area contributed by atoms with Crippen molar-refractivity contribution in [3.05, 3.63) is 17.0 Å².